The van der Waals surface area contributed by atoms with Crippen molar-refractivity contribution in [3.63, 3.8) is 0 Å². The van der Waals surface area contributed by atoms with Gasteiger partial charge in [0.05, 0.1) is 6.61 Å². The van der Waals surface area contributed by atoms with E-state index in [4.69, 9.17) is 4.74 Å². The van der Waals surface area contributed by atoms with Crippen LogP contribution in [0.5, 0.6) is 0 Å². The van der Waals surface area contributed by atoms with Crippen LogP contribution >= 0.6 is 27.3 Å². The molecule has 2 heterocycles. The molecular weight excluding hydrogens is 376 g/mol. The fourth-order valence-corrected chi connectivity index (χ4v) is 4.45. The molecule has 2 aromatic heterocycles. The Morgan fingerprint density at radius 1 is 1.43 bits per heavy atom. The Balaban J connectivity index is 2.29. The van der Waals surface area contributed by atoms with E-state index in [0.29, 0.717) is 24.2 Å². The number of aromatic nitrogens is 1. The summed E-state index contributed by atoms with van der Waals surface area (Å²) in [6.45, 7) is 0.963. The summed E-state index contributed by atoms with van der Waals surface area (Å²) in [5, 5.41) is 1.93. The van der Waals surface area contributed by atoms with E-state index in [0.717, 1.165) is 4.88 Å². The first kappa shape index (κ1) is 16.6. The highest BCUT2D eigenvalue weighted by atomic mass is 79.9. The molecule has 0 saturated heterocycles. The van der Waals surface area contributed by atoms with Gasteiger partial charge >= 0.3 is 0 Å². The first-order chi connectivity index (χ1) is 10.0. The van der Waals surface area contributed by atoms with Crippen LogP contribution in [-0.2, 0) is 21.3 Å². The quantitative estimate of drug-likeness (QED) is 0.728. The number of nitrogens with zero attached hydrogens (tertiary/aromatic N) is 2. The minimum atomic E-state index is -3.60. The lowest BCUT2D eigenvalue weighted by molar-refractivity contribution is 0.177. The molecule has 0 aliphatic rings. The highest BCUT2D eigenvalue weighted by Crippen LogP contribution is 2.22. The molecule has 0 N–H and O–H groups in total. The number of hydrogen-bond acceptors (Lipinski definition) is 5. The molecule has 0 aliphatic heterocycles. The Bertz CT molecular complexity index is 674. The molecule has 0 aliphatic carbocycles. The van der Waals surface area contributed by atoms with Gasteiger partial charge in [0.2, 0.25) is 10.0 Å². The number of halogens is 1. The molecule has 8 heteroatoms. The maximum absolute atomic E-state index is 12.7. The molecule has 0 bridgehead atoms. The molecule has 2 rings (SSSR count). The van der Waals surface area contributed by atoms with Crippen molar-refractivity contribution in [1.82, 2.24) is 9.29 Å². The lowest BCUT2D eigenvalue weighted by Crippen LogP contribution is -2.33. The van der Waals surface area contributed by atoms with Gasteiger partial charge in [-0.3, -0.25) is 4.98 Å². The maximum atomic E-state index is 12.7. The Kier molecular flexibility index (Phi) is 5.88. The lowest BCUT2D eigenvalue weighted by Gasteiger charge is -2.21. The molecule has 0 radical (unpaired) electrons. The largest absolute Gasteiger partial charge is 0.383 e. The van der Waals surface area contributed by atoms with Crippen LogP contribution in [0.1, 0.15) is 4.88 Å². The van der Waals surface area contributed by atoms with E-state index in [9.17, 15) is 8.42 Å². The summed E-state index contributed by atoms with van der Waals surface area (Å²) >= 11 is 4.78. The van der Waals surface area contributed by atoms with Crippen LogP contribution in [0, 0.1) is 0 Å². The van der Waals surface area contributed by atoms with E-state index in [1.54, 1.807) is 19.4 Å². The summed E-state index contributed by atoms with van der Waals surface area (Å²) in [6.07, 6.45) is 2.91. The zero-order valence-electron chi connectivity index (χ0n) is 11.4. The third kappa shape index (κ3) is 4.33. The molecule has 5 nitrogen and oxygen atoms in total. The second-order valence-corrected chi connectivity index (χ2v) is 8.14. The van der Waals surface area contributed by atoms with E-state index in [1.807, 2.05) is 17.5 Å². The van der Waals surface area contributed by atoms with Crippen LogP contribution in [0.25, 0.3) is 0 Å². The van der Waals surface area contributed by atoms with E-state index in [1.165, 1.54) is 21.8 Å². The van der Waals surface area contributed by atoms with Crippen molar-refractivity contribution in [3.8, 4) is 0 Å². The minimum absolute atomic E-state index is 0.171. The van der Waals surface area contributed by atoms with Crippen molar-refractivity contribution in [2.24, 2.45) is 0 Å². The molecule has 114 valence electrons. The van der Waals surface area contributed by atoms with Gasteiger partial charge < -0.3 is 4.74 Å². The second-order valence-electron chi connectivity index (χ2n) is 4.25. The normalized spacial score (nSPS) is 12.0. The number of methoxy groups -OCH3 is 1. The fourth-order valence-electron chi connectivity index (χ4n) is 1.74. The van der Waals surface area contributed by atoms with Crippen LogP contribution in [-0.4, -0.2) is 38.0 Å². The Hall–Kier alpha value is -0.800. The van der Waals surface area contributed by atoms with E-state index < -0.39 is 10.0 Å². The maximum Gasteiger partial charge on any atom is 0.245 e. The summed E-state index contributed by atoms with van der Waals surface area (Å²) in [7, 11) is -2.05. The number of rotatable bonds is 7. The van der Waals surface area contributed by atoms with Crippen LogP contribution in [0.4, 0.5) is 0 Å². The van der Waals surface area contributed by atoms with Gasteiger partial charge in [0.15, 0.2) is 0 Å². The highest BCUT2D eigenvalue weighted by Gasteiger charge is 2.25. The molecule has 0 spiro atoms. The standard InChI is InChI=1S/C13H15BrN2O3S2/c1-19-5-4-16(10-12-3-2-6-20-12)21(17,18)13-7-11(14)8-15-9-13/h2-3,6-9H,4-5,10H2,1H3. The average molecular weight is 391 g/mol. The number of thiophene rings is 1. The first-order valence-electron chi connectivity index (χ1n) is 6.16. The zero-order chi connectivity index (χ0) is 15.3. The summed E-state index contributed by atoms with van der Waals surface area (Å²) in [6, 6.07) is 5.37. The van der Waals surface area contributed by atoms with Crippen molar-refractivity contribution in [1.29, 1.82) is 0 Å². The smallest absolute Gasteiger partial charge is 0.245 e. The molecule has 21 heavy (non-hydrogen) atoms. The van der Waals surface area contributed by atoms with Crippen molar-refractivity contribution in [2.75, 3.05) is 20.3 Å². The monoisotopic (exact) mass is 390 g/mol. The van der Waals surface area contributed by atoms with E-state index in [-0.39, 0.29) is 4.90 Å². The van der Waals surface area contributed by atoms with E-state index in [2.05, 4.69) is 20.9 Å². The number of pyridine rings is 1. The van der Waals surface area contributed by atoms with Crippen molar-refractivity contribution < 1.29 is 13.2 Å². The summed E-state index contributed by atoms with van der Waals surface area (Å²) < 4.78 is 32.5. The summed E-state index contributed by atoms with van der Waals surface area (Å²) in [5.74, 6) is 0. The van der Waals surface area contributed by atoms with Gasteiger partial charge in [0.25, 0.3) is 0 Å². The van der Waals surface area contributed by atoms with Crippen LogP contribution in [0.15, 0.2) is 45.3 Å². The predicted octanol–water partition coefficient (Wildman–Crippen LogP) is 2.74. The minimum Gasteiger partial charge on any atom is -0.383 e. The lowest BCUT2D eigenvalue weighted by atomic mass is 10.4. The molecule has 0 unspecified atom stereocenters. The number of ether oxygens (including phenoxy) is 1. The number of sulfonamides is 1. The van der Waals surface area contributed by atoms with E-state index >= 15 is 0 Å². The molecule has 0 saturated carbocycles. The van der Waals surface area contributed by atoms with Gasteiger partial charge in [-0.05, 0) is 33.4 Å². The highest BCUT2D eigenvalue weighted by molar-refractivity contribution is 9.10. The summed E-state index contributed by atoms with van der Waals surface area (Å²) in [5.41, 5.74) is 0. The SMILES string of the molecule is COCCN(Cc1cccs1)S(=O)(=O)c1cncc(Br)c1. The third-order valence-corrected chi connectivity index (χ3v) is 5.88. The molecule has 0 amide bonds. The molecule has 0 fully saturated rings. The van der Waals surface area contributed by atoms with Gasteiger partial charge in [0.1, 0.15) is 4.90 Å². The summed E-state index contributed by atoms with van der Waals surface area (Å²) in [4.78, 5) is 5.08. The molecular formula is C13H15BrN2O3S2. The van der Waals surface area contributed by atoms with Gasteiger partial charge in [-0.25, -0.2) is 8.42 Å². The third-order valence-electron chi connectivity index (χ3n) is 2.77. The van der Waals surface area contributed by atoms with Crippen LogP contribution in [0.2, 0.25) is 0 Å². The van der Waals surface area contributed by atoms with Gasteiger partial charge in [-0.2, -0.15) is 4.31 Å². The van der Waals surface area contributed by atoms with Crippen LogP contribution < -0.4 is 0 Å². The van der Waals surface area contributed by atoms with Crippen molar-refractivity contribution in [2.45, 2.75) is 11.4 Å². The number of hydrogen-bond donors (Lipinski definition) is 0. The molecule has 0 atom stereocenters. The fraction of sp³-hybridized carbons (Fsp3) is 0.308. The Labute approximate surface area is 136 Å². The second kappa shape index (κ2) is 7.46. The predicted molar refractivity (Wildman–Crippen MR) is 85.7 cm³/mol. The van der Waals surface area contributed by atoms with Gasteiger partial charge in [-0.15, -0.1) is 11.3 Å². The first-order valence-corrected chi connectivity index (χ1v) is 9.27. The van der Waals surface area contributed by atoms with Crippen molar-refractivity contribution >= 4 is 37.3 Å². The van der Waals surface area contributed by atoms with Gasteiger partial charge in [-0.1, -0.05) is 6.07 Å². The van der Waals surface area contributed by atoms with Gasteiger partial charge in [0, 0.05) is 41.9 Å². The van der Waals surface area contributed by atoms with Crippen LogP contribution in [0.3, 0.4) is 0 Å². The Morgan fingerprint density at radius 2 is 2.24 bits per heavy atom. The molecule has 2 aromatic rings. The Morgan fingerprint density at radius 3 is 2.86 bits per heavy atom. The zero-order valence-corrected chi connectivity index (χ0v) is 14.6. The topological polar surface area (TPSA) is 59.5 Å². The molecule has 0 aromatic carbocycles. The van der Waals surface area contributed by atoms with Crippen molar-refractivity contribution in [3.05, 3.63) is 45.3 Å². The average Bonchev–Trinajstić information content (AvgIpc) is 2.96.